The first kappa shape index (κ1) is 22.4. The minimum absolute atomic E-state index is 0.102. The van der Waals surface area contributed by atoms with Crippen molar-refractivity contribution >= 4 is 17.9 Å². The molecule has 0 unspecified atom stereocenters. The topological polar surface area (TPSA) is 63.2 Å². The Morgan fingerprint density at radius 2 is 1.84 bits per heavy atom. The lowest BCUT2D eigenvalue weighted by atomic mass is 9.97. The maximum absolute atomic E-state index is 13.0. The molecule has 31 heavy (non-hydrogen) atoms. The molecule has 164 valence electrons. The molecule has 2 aromatic rings. The third kappa shape index (κ3) is 5.27. The number of fused-ring (bicyclic) bond motifs is 1. The Hall–Kier alpha value is -3.25. The molecule has 0 atom stereocenters. The molecule has 1 aliphatic rings. The van der Waals surface area contributed by atoms with Gasteiger partial charge < -0.3 is 23.7 Å². The molecule has 0 radical (unpaired) electrons. The van der Waals surface area contributed by atoms with Gasteiger partial charge in [-0.2, -0.15) is 0 Å². The molecule has 0 aromatic heterocycles. The van der Waals surface area contributed by atoms with E-state index in [9.17, 15) is 4.79 Å². The number of methoxy groups -OCH3 is 2. The fraction of sp³-hybridized carbons (Fsp3) is 0.320. The summed E-state index contributed by atoms with van der Waals surface area (Å²) < 4.78 is 27.7. The Labute approximate surface area is 183 Å². The molecule has 6 heteroatoms. The summed E-state index contributed by atoms with van der Waals surface area (Å²) in [7, 11) is 3.15. The molecular weight excluding hydrogens is 396 g/mol. The predicted octanol–water partition coefficient (Wildman–Crippen LogP) is 5.16. The summed E-state index contributed by atoms with van der Waals surface area (Å²) in [4.78, 5) is 13.0. The molecule has 1 heterocycles. The van der Waals surface area contributed by atoms with E-state index in [-0.39, 0.29) is 12.6 Å². The normalized spacial score (nSPS) is 14.1. The van der Waals surface area contributed by atoms with Crippen molar-refractivity contribution in [3.8, 4) is 23.0 Å². The number of ether oxygens (including phenoxy) is 5. The van der Waals surface area contributed by atoms with E-state index < -0.39 is 5.60 Å². The Kier molecular flexibility index (Phi) is 7.02. The Morgan fingerprint density at radius 1 is 1.06 bits per heavy atom. The SMILES string of the molecule is CCOc1ccc(C=CC(=O)c2ccc(OC)c3c2OC(C)(C)C=C3)cc1OCOC. The number of rotatable bonds is 9. The highest BCUT2D eigenvalue weighted by atomic mass is 16.7. The van der Waals surface area contributed by atoms with Crippen LogP contribution in [0, 0.1) is 0 Å². The molecule has 0 spiro atoms. The van der Waals surface area contributed by atoms with Crippen LogP contribution < -0.4 is 18.9 Å². The van der Waals surface area contributed by atoms with Crippen molar-refractivity contribution in [2.24, 2.45) is 0 Å². The molecule has 6 nitrogen and oxygen atoms in total. The molecular formula is C25H28O6. The van der Waals surface area contributed by atoms with Gasteiger partial charge in [0.2, 0.25) is 0 Å². The van der Waals surface area contributed by atoms with Gasteiger partial charge in [-0.3, -0.25) is 4.79 Å². The molecule has 0 fully saturated rings. The van der Waals surface area contributed by atoms with E-state index in [4.69, 9.17) is 23.7 Å². The van der Waals surface area contributed by atoms with Gasteiger partial charge in [-0.05, 0) is 68.8 Å². The number of carbonyl (C=O) groups is 1. The summed E-state index contributed by atoms with van der Waals surface area (Å²) in [5.74, 6) is 2.19. The van der Waals surface area contributed by atoms with Crippen molar-refractivity contribution in [2.45, 2.75) is 26.4 Å². The van der Waals surface area contributed by atoms with E-state index in [0.29, 0.717) is 35.2 Å². The molecule has 1 aliphatic heterocycles. The number of hydrogen-bond donors (Lipinski definition) is 0. The molecule has 0 amide bonds. The van der Waals surface area contributed by atoms with E-state index in [0.717, 1.165) is 11.1 Å². The third-order valence-corrected chi connectivity index (χ3v) is 4.68. The van der Waals surface area contributed by atoms with Gasteiger partial charge in [-0.15, -0.1) is 0 Å². The lowest BCUT2D eigenvalue weighted by Crippen LogP contribution is -2.28. The van der Waals surface area contributed by atoms with Crippen LogP contribution in [0.3, 0.4) is 0 Å². The number of ketones is 1. The van der Waals surface area contributed by atoms with Crippen LogP contribution in [0.25, 0.3) is 12.2 Å². The van der Waals surface area contributed by atoms with Gasteiger partial charge in [0.15, 0.2) is 24.1 Å². The largest absolute Gasteiger partial charge is 0.496 e. The van der Waals surface area contributed by atoms with E-state index in [1.54, 1.807) is 38.5 Å². The van der Waals surface area contributed by atoms with Crippen LogP contribution in [-0.4, -0.2) is 39.0 Å². The summed E-state index contributed by atoms with van der Waals surface area (Å²) >= 11 is 0. The second-order valence-corrected chi connectivity index (χ2v) is 7.48. The zero-order valence-corrected chi connectivity index (χ0v) is 18.6. The number of benzene rings is 2. The second-order valence-electron chi connectivity index (χ2n) is 7.48. The van der Waals surface area contributed by atoms with Crippen LogP contribution >= 0.6 is 0 Å². The highest BCUT2D eigenvalue weighted by molar-refractivity contribution is 6.09. The third-order valence-electron chi connectivity index (χ3n) is 4.68. The molecule has 0 saturated carbocycles. The number of allylic oxidation sites excluding steroid dienone is 1. The minimum atomic E-state index is -0.513. The fourth-order valence-corrected chi connectivity index (χ4v) is 3.20. The lowest BCUT2D eigenvalue weighted by molar-refractivity contribution is 0.0487. The number of carbonyl (C=O) groups excluding carboxylic acids is 1. The Morgan fingerprint density at radius 3 is 2.55 bits per heavy atom. The van der Waals surface area contributed by atoms with Gasteiger partial charge in [0.05, 0.1) is 24.8 Å². The summed E-state index contributed by atoms with van der Waals surface area (Å²) in [5, 5.41) is 0. The van der Waals surface area contributed by atoms with Crippen LogP contribution in [0.15, 0.2) is 42.5 Å². The molecule has 0 saturated heterocycles. The Balaban J connectivity index is 1.89. The summed E-state index contributed by atoms with van der Waals surface area (Å²) in [6.07, 6.45) is 7.14. The minimum Gasteiger partial charge on any atom is -0.496 e. The highest BCUT2D eigenvalue weighted by Gasteiger charge is 2.27. The van der Waals surface area contributed by atoms with Crippen molar-refractivity contribution in [2.75, 3.05) is 27.6 Å². The van der Waals surface area contributed by atoms with Crippen LogP contribution in [-0.2, 0) is 4.74 Å². The van der Waals surface area contributed by atoms with Gasteiger partial charge in [0.25, 0.3) is 0 Å². The zero-order chi connectivity index (χ0) is 22.4. The van der Waals surface area contributed by atoms with Gasteiger partial charge in [-0.1, -0.05) is 12.1 Å². The van der Waals surface area contributed by atoms with Crippen LogP contribution in [0.4, 0.5) is 0 Å². The van der Waals surface area contributed by atoms with Crippen molar-refractivity contribution in [1.29, 1.82) is 0 Å². The van der Waals surface area contributed by atoms with E-state index in [1.807, 2.05) is 45.1 Å². The fourth-order valence-electron chi connectivity index (χ4n) is 3.20. The molecule has 0 bridgehead atoms. The van der Waals surface area contributed by atoms with Crippen LogP contribution in [0.5, 0.6) is 23.0 Å². The maximum atomic E-state index is 13.0. The predicted molar refractivity (Wildman–Crippen MR) is 120 cm³/mol. The van der Waals surface area contributed by atoms with Gasteiger partial charge >= 0.3 is 0 Å². The molecule has 0 N–H and O–H groups in total. The van der Waals surface area contributed by atoms with Crippen molar-refractivity contribution in [1.82, 2.24) is 0 Å². The highest BCUT2D eigenvalue weighted by Crippen LogP contribution is 2.40. The smallest absolute Gasteiger partial charge is 0.189 e. The van der Waals surface area contributed by atoms with Gasteiger partial charge in [-0.25, -0.2) is 0 Å². The molecule has 2 aromatic carbocycles. The van der Waals surface area contributed by atoms with Crippen molar-refractivity contribution in [3.05, 3.63) is 59.2 Å². The van der Waals surface area contributed by atoms with Gasteiger partial charge in [0, 0.05) is 7.11 Å². The van der Waals surface area contributed by atoms with E-state index >= 15 is 0 Å². The van der Waals surface area contributed by atoms with Crippen molar-refractivity contribution < 1.29 is 28.5 Å². The van der Waals surface area contributed by atoms with Crippen LogP contribution in [0.2, 0.25) is 0 Å². The average molecular weight is 424 g/mol. The van der Waals surface area contributed by atoms with Crippen molar-refractivity contribution in [3.63, 3.8) is 0 Å². The lowest BCUT2D eigenvalue weighted by Gasteiger charge is -2.29. The van der Waals surface area contributed by atoms with E-state index in [2.05, 4.69) is 0 Å². The number of hydrogen-bond acceptors (Lipinski definition) is 6. The monoisotopic (exact) mass is 424 g/mol. The first-order valence-electron chi connectivity index (χ1n) is 10.1. The quantitative estimate of drug-likeness (QED) is 0.315. The standard InChI is InChI=1S/C25H28O6/c1-6-29-22-11-8-17(15-23(22)30-16-27-4)7-10-20(26)18-9-12-21(28-5)19-13-14-25(2,3)31-24(18)19/h7-15H,6,16H2,1-5H3. The summed E-state index contributed by atoms with van der Waals surface area (Å²) in [6, 6.07) is 8.98. The zero-order valence-electron chi connectivity index (χ0n) is 18.6. The second kappa shape index (κ2) is 9.71. The first-order chi connectivity index (χ1) is 14.9. The van der Waals surface area contributed by atoms with Crippen LogP contribution in [0.1, 0.15) is 42.3 Å². The summed E-state index contributed by atoms with van der Waals surface area (Å²) in [5.41, 5.74) is 1.52. The summed E-state index contributed by atoms with van der Waals surface area (Å²) in [6.45, 7) is 6.41. The molecule has 0 aliphatic carbocycles. The average Bonchev–Trinajstić information content (AvgIpc) is 2.75. The Bertz CT molecular complexity index is 1000. The maximum Gasteiger partial charge on any atom is 0.189 e. The van der Waals surface area contributed by atoms with Gasteiger partial charge in [0.1, 0.15) is 17.1 Å². The molecule has 3 rings (SSSR count). The first-order valence-corrected chi connectivity index (χ1v) is 10.1. The van der Waals surface area contributed by atoms with E-state index in [1.165, 1.54) is 6.08 Å².